The highest BCUT2D eigenvalue weighted by molar-refractivity contribution is 7.09. The summed E-state index contributed by atoms with van der Waals surface area (Å²) in [5, 5.41) is 2.76. The fraction of sp³-hybridized carbons (Fsp3) is 0.0769. The van der Waals surface area contributed by atoms with Crippen LogP contribution < -0.4 is 10.9 Å². The van der Waals surface area contributed by atoms with Crippen LogP contribution in [0.15, 0.2) is 35.9 Å². The van der Waals surface area contributed by atoms with Crippen LogP contribution >= 0.6 is 11.3 Å². The second-order valence-corrected chi connectivity index (χ2v) is 4.85. The number of aryl methyl sites for hydroxylation is 1. The van der Waals surface area contributed by atoms with Gasteiger partial charge in [-0.1, -0.05) is 6.07 Å². The van der Waals surface area contributed by atoms with Gasteiger partial charge in [-0.05, 0) is 25.1 Å². The van der Waals surface area contributed by atoms with E-state index in [1.165, 1.54) is 23.6 Å². The average Bonchev–Trinajstić information content (AvgIpc) is 2.89. The van der Waals surface area contributed by atoms with Gasteiger partial charge in [-0.3, -0.25) is 25.4 Å². The number of thiazole rings is 1. The largest absolute Gasteiger partial charge is 0.288 e. The van der Waals surface area contributed by atoms with Gasteiger partial charge in [-0.2, -0.15) is 0 Å². The fourth-order valence-corrected chi connectivity index (χ4v) is 1.92. The van der Waals surface area contributed by atoms with Crippen LogP contribution in [-0.4, -0.2) is 21.8 Å². The zero-order chi connectivity index (χ0) is 14.4. The van der Waals surface area contributed by atoms with E-state index in [1.807, 2.05) is 12.3 Å². The lowest BCUT2D eigenvalue weighted by Gasteiger charge is -2.03. The number of carbonyl (C=O) groups is 2. The van der Waals surface area contributed by atoms with Crippen molar-refractivity contribution in [3.8, 4) is 0 Å². The molecule has 0 saturated carbocycles. The molecule has 2 aromatic heterocycles. The monoisotopic (exact) mass is 288 g/mol. The first-order chi connectivity index (χ1) is 9.65. The number of nitrogens with one attached hydrogen (secondary N) is 2. The Morgan fingerprint density at radius 3 is 2.80 bits per heavy atom. The number of rotatable bonds is 3. The number of amides is 2. The Morgan fingerprint density at radius 2 is 2.15 bits per heavy atom. The van der Waals surface area contributed by atoms with Crippen molar-refractivity contribution in [2.75, 3.05) is 0 Å². The van der Waals surface area contributed by atoms with Crippen LogP contribution in [0.4, 0.5) is 0 Å². The van der Waals surface area contributed by atoms with Gasteiger partial charge in [0.15, 0.2) is 0 Å². The van der Waals surface area contributed by atoms with Gasteiger partial charge < -0.3 is 0 Å². The summed E-state index contributed by atoms with van der Waals surface area (Å²) < 4.78 is 0. The topological polar surface area (TPSA) is 84.0 Å². The second kappa shape index (κ2) is 6.58. The first-order valence-electron chi connectivity index (χ1n) is 5.77. The van der Waals surface area contributed by atoms with E-state index in [4.69, 9.17) is 0 Å². The Kier molecular flexibility index (Phi) is 4.56. The molecule has 6 nitrogen and oxygen atoms in total. The predicted molar refractivity (Wildman–Crippen MR) is 75.7 cm³/mol. The molecule has 0 atom stereocenters. The van der Waals surface area contributed by atoms with E-state index in [-0.39, 0.29) is 5.69 Å². The van der Waals surface area contributed by atoms with Crippen molar-refractivity contribution in [1.82, 2.24) is 20.8 Å². The zero-order valence-corrected chi connectivity index (χ0v) is 11.5. The van der Waals surface area contributed by atoms with E-state index in [0.29, 0.717) is 5.69 Å². The van der Waals surface area contributed by atoms with Gasteiger partial charge >= 0.3 is 0 Å². The van der Waals surface area contributed by atoms with Gasteiger partial charge in [-0.15, -0.1) is 11.3 Å². The molecule has 0 aliphatic rings. The van der Waals surface area contributed by atoms with Gasteiger partial charge in [0.1, 0.15) is 5.69 Å². The van der Waals surface area contributed by atoms with Gasteiger partial charge in [0.05, 0.1) is 10.7 Å². The van der Waals surface area contributed by atoms with E-state index in [9.17, 15) is 9.59 Å². The van der Waals surface area contributed by atoms with Crippen LogP contribution in [0.2, 0.25) is 0 Å². The quantitative estimate of drug-likeness (QED) is 0.659. The molecule has 0 aromatic carbocycles. The molecule has 7 heteroatoms. The lowest BCUT2D eigenvalue weighted by molar-refractivity contribution is -0.117. The molecule has 102 valence electrons. The maximum atomic E-state index is 11.6. The van der Waals surface area contributed by atoms with E-state index in [0.717, 1.165) is 5.01 Å². The predicted octanol–water partition coefficient (Wildman–Crippen LogP) is 1.32. The number of carbonyl (C=O) groups excluding carboxylic acids is 2. The zero-order valence-electron chi connectivity index (χ0n) is 10.7. The molecule has 0 aliphatic carbocycles. The molecule has 0 aliphatic heterocycles. The van der Waals surface area contributed by atoms with Crippen molar-refractivity contribution < 1.29 is 9.59 Å². The summed E-state index contributed by atoms with van der Waals surface area (Å²) in [5.74, 6) is -0.920. The number of pyridine rings is 1. The van der Waals surface area contributed by atoms with Crippen molar-refractivity contribution in [2.45, 2.75) is 6.92 Å². The molecular weight excluding hydrogens is 276 g/mol. The maximum absolute atomic E-state index is 11.6. The summed E-state index contributed by atoms with van der Waals surface area (Å²) in [7, 11) is 0. The summed E-state index contributed by atoms with van der Waals surface area (Å²) >= 11 is 1.50. The number of hydrogen-bond donors (Lipinski definition) is 2. The van der Waals surface area contributed by atoms with E-state index in [2.05, 4.69) is 20.8 Å². The van der Waals surface area contributed by atoms with Crippen LogP contribution in [0, 0.1) is 6.92 Å². The molecule has 0 saturated heterocycles. The summed E-state index contributed by atoms with van der Waals surface area (Å²) in [6.45, 7) is 1.88. The van der Waals surface area contributed by atoms with Crippen molar-refractivity contribution >= 4 is 29.2 Å². The van der Waals surface area contributed by atoms with Crippen molar-refractivity contribution in [1.29, 1.82) is 0 Å². The third-order valence-corrected chi connectivity index (χ3v) is 3.03. The highest BCUT2D eigenvalue weighted by Crippen LogP contribution is 2.08. The Bertz CT molecular complexity index is 637. The van der Waals surface area contributed by atoms with E-state index >= 15 is 0 Å². The minimum Gasteiger partial charge on any atom is -0.268 e. The third kappa shape index (κ3) is 3.99. The highest BCUT2D eigenvalue weighted by Gasteiger charge is 2.06. The molecular formula is C13H12N4O2S. The molecule has 2 aromatic rings. The van der Waals surface area contributed by atoms with Crippen LogP contribution in [0.3, 0.4) is 0 Å². The molecule has 0 bridgehead atoms. The Labute approximate surface area is 119 Å². The third-order valence-electron chi connectivity index (χ3n) is 2.24. The molecule has 2 amide bonds. The fourth-order valence-electron chi connectivity index (χ4n) is 1.34. The van der Waals surface area contributed by atoms with Crippen molar-refractivity contribution in [2.24, 2.45) is 0 Å². The maximum Gasteiger partial charge on any atom is 0.288 e. The molecule has 0 spiro atoms. The first-order valence-corrected chi connectivity index (χ1v) is 6.64. The summed E-state index contributed by atoms with van der Waals surface area (Å²) in [6, 6.07) is 4.94. The molecule has 0 radical (unpaired) electrons. The standard InChI is InChI=1S/C13H12N4O2S/c1-9-15-10(8-20-9)5-6-12(18)16-17-13(19)11-4-2-3-7-14-11/h2-8H,1H3,(H,16,18)(H,17,19)/b6-5+. The molecule has 0 unspecified atom stereocenters. The minimum absolute atomic E-state index is 0.229. The molecule has 20 heavy (non-hydrogen) atoms. The smallest absolute Gasteiger partial charge is 0.268 e. The van der Waals surface area contributed by atoms with E-state index < -0.39 is 11.8 Å². The minimum atomic E-state index is -0.475. The van der Waals surface area contributed by atoms with Crippen LogP contribution in [0.25, 0.3) is 6.08 Å². The summed E-state index contributed by atoms with van der Waals surface area (Å²) in [4.78, 5) is 31.1. The van der Waals surface area contributed by atoms with Gasteiger partial charge in [0, 0.05) is 17.7 Å². The number of nitrogens with zero attached hydrogens (tertiary/aromatic N) is 2. The number of aromatic nitrogens is 2. The summed E-state index contributed by atoms with van der Waals surface area (Å²) in [5.41, 5.74) is 5.47. The summed E-state index contributed by atoms with van der Waals surface area (Å²) in [6.07, 6.45) is 4.38. The van der Waals surface area contributed by atoms with Crippen LogP contribution in [-0.2, 0) is 4.79 Å². The van der Waals surface area contributed by atoms with Gasteiger partial charge in [0.2, 0.25) is 0 Å². The SMILES string of the molecule is Cc1nc(/C=C/C(=O)NNC(=O)c2ccccn2)cs1. The van der Waals surface area contributed by atoms with Crippen LogP contribution in [0.1, 0.15) is 21.2 Å². The number of hydrogen-bond acceptors (Lipinski definition) is 5. The van der Waals surface area contributed by atoms with Crippen LogP contribution in [0.5, 0.6) is 0 Å². The van der Waals surface area contributed by atoms with E-state index in [1.54, 1.807) is 24.3 Å². The Hall–Kier alpha value is -2.54. The Morgan fingerprint density at radius 1 is 1.30 bits per heavy atom. The number of hydrazine groups is 1. The molecule has 2 N–H and O–H groups in total. The average molecular weight is 288 g/mol. The van der Waals surface area contributed by atoms with Gasteiger partial charge in [-0.25, -0.2) is 4.98 Å². The first kappa shape index (κ1) is 13.9. The Balaban J connectivity index is 1.83. The van der Waals surface area contributed by atoms with Gasteiger partial charge in [0.25, 0.3) is 11.8 Å². The second-order valence-electron chi connectivity index (χ2n) is 3.78. The molecule has 0 fully saturated rings. The lowest BCUT2D eigenvalue weighted by Crippen LogP contribution is -2.41. The lowest BCUT2D eigenvalue weighted by atomic mass is 10.3. The normalized spacial score (nSPS) is 10.4. The van der Waals surface area contributed by atoms with Crippen molar-refractivity contribution in [3.05, 3.63) is 52.2 Å². The molecule has 2 rings (SSSR count). The highest BCUT2D eigenvalue weighted by atomic mass is 32.1. The van der Waals surface area contributed by atoms with Crippen molar-refractivity contribution in [3.63, 3.8) is 0 Å². The molecule has 2 heterocycles.